The van der Waals surface area contributed by atoms with Crippen molar-refractivity contribution >= 4 is 43.0 Å². The normalized spacial score (nSPS) is 12.5. The zero-order valence-electron chi connectivity index (χ0n) is 17.3. The number of halogens is 3. The molecule has 13 heteroatoms. The van der Waals surface area contributed by atoms with Gasteiger partial charge in [0.1, 0.15) is 9.71 Å². The highest BCUT2D eigenvalue weighted by Crippen LogP contribution is 2.35. The molecule has 3 N–H and O–H groups in total. The van der Waals surface area contributed by atoms with E-state index in [4.69, 9.17) is 5.73 Å². The number of nitrogens with two attached hydrogens (primary N) is 1. The molecule has 0 bridgehead atoms. The second kappa shape index (κ2) is 8.64. The van der Waals surface area contributed by atoms with Gasteiger partial charge in [-0.3, -0.25) is 4.79 Å². The van der Waals surface area contributed by atoms with Crippen LogP contribution in [0.3, 0.4) is 0 Å². The molecule has 0 radical (unpaired) electrons. The first-order valence-corrected chi connectivity index (χ1v) is 11.5. The third kappa shape index (κ3) is 4.54. The van der Waals surface area contributed by atoms with Crippen molar-refractivity contribution in [3.8, 4) is 0 Å². The number of nitrogens with one attached hydrogen (secondary N) is 1. The number of rotatable bonds is 6. The highest BCUT2D eigenvalue weighted by atomic mass is 32.2. The Morgan fingerprint density at radius 1 is 1.19 bits per heavy atom. The molecule has 0 atom stereocenters. The summed E-state index contributed by atoms with van der Waals surface area (Å²) < 4.78 is 60.8. The molecule has 0 fully saturated rings. The zero-order chi connectivity index (χ0) is 23.8. The van der Waals surface area contributed by atoms with Crippen LogP contribution < -0.4 is 11.1 Å². The number of alkyl halides is 3. The number of carbonyl (C=O) groups is 1. The molecule has 0 aliphatic heterocycles. The summed E-state index contributed by atoms with van der Waals surface area (Å²) in [5.41, 5.74) is 3.11. The molecule has 0 aliphatic carbocycles. The van der Waals surface area contributed by atoms with Crippen LogP contribution >= 0.6 is 11.3 Å². The summed E-state index contributed by atoms with van der Waals surface area (Å²) in [5.74, 6) is -0.481. The Hall–Kier alpha value is -2.77. The highest BCUT2D eigenvalue weighted by molar-refractivity contribution is 7.92. The van der Waals surface area contributed by atoms with Gasteiger partial charge in [-0.2, -0.15) is 18.3 Å². The first-order valence-electron chi connectivity index (χ1n) is 9.20. The lowest BCUT2D eigenvalue weighted by Gasteiger charge is -2.11. The Balaban J connectivity index is 1.78. The van der Waals surface area contributed by atoms with E-state index in [2.05, 4.69) is 15.5 Å². The lowest BCUT2D eigenvalue weighted by molar-refractivity contribution is -0.0436. The molecule has 1 aromatic carbocycles. The molecule has 32 heavy (non-hydrogen) atoms. The average molecular weight is 488 g/mol. The maximum atomic E-state index is 12.7. The summed E-state index contributed by atoms with van der Waals surface area (Å²) in [7, 11) is -1.63. The molecule has 3 rings (SSSR count). The highest BCUT2D eigenvalue weighted by Gasteiger charge is 2.46. The average Bonchev–Trinajstić information content (AvgIpc) is 3.04. The van der Waals surface area contributed by atoms with Gasteiger partial charge in [0.2, 0.25) is 0 Å². The molecule has 8 nitrogen and oxygen atoms in total. The van der Waals surface area contributed by atoms with Crippen molar-refractivity contribution in [1.29, 1.82) is 0 Å². The molecule has 1 amide bonds. The van der Waals surface area contributed by atoms with Crippen LogP contribution in [-0.4, -0.2) is 49.0 Å². The van der Waals surface area contributed by atoms with Gasteiger partial charge in [0.25, 0.3) is 15.7 Å². The van der Waals surface area contributed by atoms with Crippen molar-refractivity contribution < 1.29 is 26.4 Å². The largest absolute Gasteiger partial charge is 0.501 e. The Morgan fingerprint density at radius 3 is 2.38 bits per heavy atom. The summed E-state index contributed by atoms with van der Waals surface area (Å²) in [6.45, 7) is 2.39. The summed E-state index contributed by atoms with van der Waals surface area (Å²) in [5, 5.41) is 11.7. The van der Waals surface area contributed by atoms with E-state index < -0.39 is 26.1 Å². The van der Waals surface area contributed by atoms with Gasteiger partial charge in [0.05, 0.1) is 16.3 Å². The first-order chi connectivity index (χ1) is 14.8. The minimum Gasteiger partial charge on any atom is -0.397 e. The van der Waals surface area contributed by atoms with Crippen LogP contribution in [0.1, 0.15) is 26.5 Å². The second-order valence-electron chi connectivity index (χ2n) is 7.31. The molecule has 3 aromatic rings. The van der Waals surface area contributed by atoms with Gasteiger partial charge < -0.3 is 16.0 Å². The molecule has 0 spiro atoms. The van der Waals surface area contributed by atoms with Gasteiger partial charge in [0.15, 0.2) is 0 Å². The maximum absolute atomic E-state index is 12.7. The summed E-state index contributed by atoms with van der Waals surface area (Å²) in [4.78, 5) is 14.5. The summed E-state index contributed by atoms with van der Waals surface area (Å²) in [6, 6.07) is 4.11. The fourth-order valence-electron chi connectivity index (χ4n) is 2.99. The minimum atomic E-state index is -5.42. The van der Waals surface area contributed by atoms with Crippen LogP contribution in [0.25, 0.3) is 10.2 Å². The number of hydrogen-bond donors (Lipinski definition) is 2. The Kier molecular flexibility index (Phi) is 6.45. The third-order valence-electron chi connectivity index (χ3n) is 4.66. The van der Waals surface area contributed by atoms with Crippen LogP contribution in [0.2, 0.25) is 0 Å². The summed E-state index contributed by atoms with van der Waals surface area (Å²) in [6.07, 6.45) is 0. The minimum absolute atomic E-state index is 0.0323. The van der Waals surface area contributed by atoms with Crippen molar-refractivity contribution in [1.82, 2.24) is 20.4 Å². The van der Waals surface area contributed by atoms with Crippen LogP contribution in [0.5, 0.6) is 0 Å². The number of nitrogens with zero attached hydrogens (tertiary/aromatic N) is 3. The van der Waals surface area contributed by atoms with Crippen molar-refractivity contribution in [2.24, 2.45) is 0 Å². The van der Waals surface area contributed by atoms with Crippen LogP contribution in [0.4, 0.5) is 18.9 Å². The molecular weight excluding hydrogens is 467 g/mol. The number of carbonyl (C=O) groups excluding carboxylic acids is 1. The van der Waals surface area contributed by atoms with E-state index >= 15 is 0 Å². The predicted molar refractivity (Wildman–Crippen MR) is 115 cm³/mol. The number of aromatic nitrogens is 2. The number of sulfone groups is 1. The quantitative estimate of drug-likeness (QED) is 0.549. The fourth-order valence-corrected chi connectivity index (χ4v) is 4.77. The van der Waals surface area contributed by atoms with Crippen molar-refractivity contribution in [3.05, 3.63) is 46.0 Å². The first kappa shape index (κ1) is 23.9. The summed E-state index contributed by atoms with van der Waals surface area (Å²) >= 11 is 1.09. The van der Waals surface area contributed by atoms with E-state index in [9.17, 15) is 26.4 Å². The number of nitrogen functional groups attached to an aromatic ring is 1. The molecule has 172 valence electrons. The number of fused-ring (bicyclic) bond motifs is 1. The third-order valence-corrected chi connectivity index (χ3v) is 7.25. The number of benzene rings is 1. The smallest absolute Gasteiger partial charge is 0.397 e. The molecule has 2 heterocycles. The molecule has 0 aliphatic rings. The standard InChI is InChI=1S/C19H20F3N5O3S2/c1-10-13(9-27(2)3)25-26-18-14(10)15(23)16(31-18)17(28)24-8-11-4-6-12(7-5-11)32(29,30)19(20,21)22/h4-7H,8-9,23H2,1-3H3,(H,24,28). The monoisotopic (exact) mass is 487 g/mol. The fraction of sp³-hybridized carbons (Fsp3) is 0.316. The van der Waals surface area contributed by atoms with Gasteiger partial charge in [-0.15, -0.1) is 16.4 Å². The number of aryl methyl sites for hydroxylation is 1. The second-order valence-corrected chi connectivity index (χ2v) is 10.3. The molecule has 0 unspecified atom stereocenters. The van der Waals surface area contributed by atoms with Crippen LogP contribution in [-0.2, 0) is 22.9 Å². The van der Waals surface area contributed by atoms with E-state index in [0.29, 0.717) is 22.3 Å². The van der Waals surface area contributed by atoms with Gasteiger partial charge in [-0.25, -0.2) is 8.42 Å². The van der Waals surface area contributed by atoms with Gasteiger partial charge in [-0.05, 0) is 44.3 Å². The lowest BCUT2D eigenvalue weighted by Crippen LogP contribution is -2.24. The van der Waals surface area contributed by atoms with E-state index in [1.54, 1.807) is 0 Å². The number of anilines is 1. The number of thiophene rings is 1. The van der Waals surface area contributed by atoms with Crippen LogP contribution in [0, 0.1) is 6.92 Å². The van der Waals surface area contributed by atoms with Gasteiger partial charge in [0, 0.05) is 18.5 Å². The lowest BCUT2D eigenvalue weighted by atomic mass is 10.1. The van der Waals surface area contributed by atoms with E-state index in [1.807, 2.05) is 25.9 Å². The van der Waals surface area contributed by atoms with Crippen molar-refractivity contribution in [3.63, 3.8) is 0 Å². The van der Waals surface area contributed by atoms with Gasteiger partial charge >= 0.3 is 5.51 Å². The van der Waals surface area contributed by atoms with E-state index in [1.165, 1.54) is 12.1 Å². The Bertz CT molecular complexity index is 1270. The Labute approximate surface area is 186 Å². The van der Waals surface area contributed by atoms with E-state index in [0.717, 1.165) is 34.7 Å². The molecular formula is C19H20F3N5O3S2. The molecule has 0 saturated carbocycles. The topological polar surface area (TPSA) is 118 Å². The predicted octanol–water partition coefficient (Wildman–Crippen LogP) is 2.87. The van der Waals surface area contributed by atoms with Crippen LogP contribution in [0.15, 0.2) is 29.2 Å². The number of amides is 1. The van der Waals surface area contributed by atoms with Crippen molar-refractivity contribution in [2.75, 3.05) is 19.8 Å². The number of hydrogen-bond acceptors (Lipinski definition) is 8. The van der Waals surface area contributed by atoms with E-state index in [-0.39, 0.29) is 17.1 Å². The SMILES string of the molecule is Cc1c(CN(C)C)nnc2sc(C(=O)NCc3ccc(S(=O)(=O)C(F)(F)F)cc3)c(N)c12. The maximum Gasteiger partial charge on any atom is 0.501 e. The molecule has 0 saturated heterocycles. The molecule has 2 aromatic heterocycles. The van der Waals surface area contributed by atoms with Gasteiger partial charge in [-0.1, -0.05) is 12.1 Å². The Morgan fingerprint density at radius 2 is 1.81 bits per heavy atom. The zero-order valence-corrected chi connectivity index (χ0v) is 19.0. The van der Waals surface area contributed by atoms with Crippen molar-refractivity contribution in [2.45, 2.75) is 30.4 Å².